The van der Waals surface area contributed by atoms with Crippen LogP contribution in [0.5, 0.6) is 0 Å². The van der Waals surface area contributed by atoms with E-state index in [-0.39, 0.29) is 5.56 Å². The number of benzene rings is 1. The molecule has 0 spiro atoms. The summed E-state index contributed by atoms with van der Waals surface area (Å²) in [5.74, 6) is 1.53. The average molecular weight is 342 g/mol. The van der Waals surface area contributed by atoms with Gasteiger partial charge in [0.1, 0.15) is 4.83 Å². The average Bonchev–Trinajstić information content (AvgIpc) is 2.91. The smallest absolute Gasteiger partial charge is 0.260 e. The van der Waals surface area contributed by atoms with Gasteiger partial charge in [0.05, 0.1) is 5.39 Å². The van der Waals surface area contributed by atoms with Gasteiger partial charge in [-0.05, 0) is 36.3 Å². The lowest BCUT2D eigenvalue weighted by molar-refractivity contribution is 0.509. The Kier molecular flexibility index (Phi) is 3.99. The molecule has 3 aromatic rings. The van der Waals surface area contributed by atoms with Gasteiger partial charge >= 0.3 is 0 Å². The van der Waals surface area contributed by atoms with Crippen molar-refractivity contribution in [1.29, 1.82) is 0 Å². The Labute approximate surface area is 143 Å². The minimum absolute atomic E-state index is 0.0256. The number of thiophene rings is 1. The Hall–Kier alpha value is -1.59. The maximum atomic E-state index is 12.5. The van der Waals surface area contributed by atoms with Crippen molar-refractivity contribution in [2.24, 2.45) is 5.92 Å². The quantitative estimate of drug-likeness (QED) is 0.567. The number of H-pyrrole nitrogens is 1. The Morgan fingerprint density at radius 1 is 1.35 bits per heavy atom. The van der Waals surface area contributed by atoms with Gasteiger partial charge in [-0.15, -0.1) is 11.3 Å². The summed E-state index contributed by atoms with van der Waals surface area (Å²) >= 11 is 3.30. The molecule has 0 saturated carbocycles. The first-order valence-electron chi connectivity index (χ1n) is 7.92. The number of hydrogen-bond acceptors (Lipinski definition) is 4. The van der Waals surface area contributed by atoms with Gasteiger partial charge in [0.2, 0.25) is 0 Å². The lowest BCUT2D eigenvalue weighted by Crippen LogP contribution is -2.13. The van der Waals surface area contributed by atoms with Crippen molar-refractivity contribution in [2.75, 3.05) is 0 Å². The molecule has 118 valence electrons. The first-order valence-corrected chi connectivity index (χ1v) is 9.72. The summed E-state index contributed by atoms with van der Waals surface area (Å²) in [5.41, 5.74) is 2.51. The van der Waals surface area contributed by atoms with Crippen molar-refractivity contribution >= 4 is 33.3 Å². The van der Waals surface area contributed by atoms with Gasteiger partial charge in [0.15, 0.2) is 5.16 Å². The first kappa shape index (κ1) is 15.0. The minimum Gasteiger partial charge on any atom is -0.301 e. The van der Waals surface area contributed by atoms with Crippen LogP contribution in [0.3, 0.4) is 0 Å². The number of aromatic nitrogens is 2. The van der Waals surface area contributed by atoms with Crippen LogP contribution in [-0.2, 0) is 18.6 Å². The van der Waals surface area contributed by atoms with Crippen molar-refractivity contribution in [3.63, 3.8) is 0 Å². The van der Waals surface area contributed by atoms with E-state index in [0.29, 0.717) is 5.92 Å². The molecule has 0 radical (unpaired) electrons. The Morgan fingerprint density at radius 2 is 2.17 bits per heavy atom. The standard InChI is InChI=1S/C18H18N2OS2/c1-11-7-8-13-14(9-11)23-17-15(13)16(21)19-18(20-17)22-10-12-5-3-2-4-6-12/h2-6,11H,7-10H2,1H3,(H,19,20,21). The highest BCUT2D eigenvalue weighted by Gasteiger charge is 2.23. The summed E-state index contributed by atoms with van der Waals surface area (Å²) in [4.78, 5) is 22.5. The van der Waals surface area contributed by atoms with Crippen LogP contribution in [-0.4, -0.2) is 9.97 Å². The molecule has 2 heterocycles. The predicted molar refractivity (Wildman–Crippen MR) is 97.4 cm³/mol. The molecule has 4 rings (SSSR count). The Bertz CT molecular complexity index is 899. The zero-order chi connectivity index (χ0) is 15.8. The predicted octanol–water partition coefficient (Wildman–Crippen LogP) is 4.40. The summed E-state index contributed by atoms with van der Waals surface area (Å²) in [6.07, 6.45) is 3.27. The van der Waals surface area contributed by atoms with Crippen LogP contribution in [0.1, 0.15) is 29.3 Å². The SMILES string of the molecule is CC1CCc2c(sc3nc(SCc4ccccc4)[nH]c(=O)c23)C1. The van der Waals surface area contributed by atoms with Crippen LogP contribution in [0.15, 0.2) is 40.3 Å². The van der Waals surface area contributed by atoms with E-state index in [1.54, 1.807) is 23.1 Å². The molecule has 23 heavy (non-hydrogen) atoms. The van der Waals surface area contributed by atoms with Crippen LogP contribution in [0.4, 0.5) is 0 Å². The van der Waals surface area contributed by atoms with Gasteiger partial charge < -0.3 is 4.98 Å². The second-order valence-corrected chi connectivity index (χ2v) is 8.22. The first-order chi connectivity index (χ1) is 11.2. The number of aryl methyl sites for hydroxylation is 1. The van der Waals surface area contributed by atoms with Gasteiger partial charge in [-0.3, -0.25) is 4.79 Å². The summed E-state index contributed by atoms with van der Waals surface area (Å²) in [5, 5.41) is 1.55. The molecule has 0 aliphatic heterocycles. The van der Waals surface area contributed by atoms with Gasteiger partial charge in [0.25, 0.3) is 5.56 Å². The van der Waals surface area contributed by atoms with E-state index in [1.807, 2.05) is 18.2 Å². The summed E-state index contributed by atoms with van der Waals surface area (Å²) in [6.45, 7) is 2.28. The number of rotatable bonds is 3. The molecule has 1 aromatic carbocycles. The van der Waals surface area contributed by atoms with Crippen LogP contribution in [0.25, 0.3) is 10.2 Å². The van der Waals surface area contributed by atoms with Crippen molar-refractivity contribution in [3.05, 3.63) is 56.7 Å². The highest BCUT2D eigenvalue weighted by molar-refractivity contribution is 7.98. The highest BCUT2D eigenvalue weighted by atomic mass is 32.2. The van der Waals surface area contributed by atoms with Crippen molar-refractivity contribution in [1.82, 2.24) is 9.97 Å². The fraction of sp³-hybridized carbons (Fsp3) is 0.333. The fourth-order valence-electron chi connectivity index (χ4n) is 3.12. The van der Waals surface area contributed by atoms with E-state index in [2.05, 4.69) is 24.0 Å². The van der Waals surface area contributed by atoms with Crippen molar-refractivity contribution < 1.29 is 0 Å². The molecule has 0 amide bonds. The molecule has 0 bridgehead atoms. The van der Waals surface area contributed by atoms with E-state index in [0.717, 1.165) is 34.0 Å². The lowest BCUT2D eigenvalue weighted by atomic mass is 9.89. The maximum Gasteiger partial charge on any atom is 0.260 e. The second-order valence-electron chi connectivity index (χ2n) is 6.18. The largest absolute Gasteiger partial charge is 0.301 e. The van der Waals surface area contributed by atoms with E-state index in [4.69, 9.17) is 4.98 Å². The molecular formula is C18H18N2OS2. The van der Waals surface area contributed by atoms with E-state index in [1.165, 1.54) is 22.4 Å². The van der Waals surface area contributed by atoms with E-state index < -0.39 is 0 Å². The van der Waals surface area contributed by atoms with Crippen LogP contribution >= 0.6 is 23.1 Å². The lowest BCUT2D eigenvalue weighted by Gasteiger charge is -2.17. The zero-order valence-electron chi connectivity index (χ0n) is 13.0. The van der Waals surface area contributed by atoms with Crippen LogP contribution in [0.2, 0.25) is 0 Å². The molecule has 1 aliphatic rings. The highest BCUT2D eigenvalue weighted by Crippen LogP contribution is 2.36. The number of hydrogen-bond donors (Lipinski definition) is 1. The fourth-order valence-corrected chi connectivity index (χ4v) is 5.38. The zero-order valence-corrected chi connectivity index (χ0v) is 14.6. The van der Waals surface area contributed by atoms with E-state index in [9.17, 15) is 4.79 Å². The molecule has 0 saturated heterocycles. The van der Waals surface area contributed by atoms with Gasteiger partial charge in [0, 0.05) is 10.6 Å². The molecule has 1 atom stereocenters. The molecular weight excluding hydrogens is 324 g/mol. The Morgan fingerprint density at radius 3 is 3.00 bits per heavy atom. The molecule has 1 N–H and O–H groups in total. The molecule has 2 aromatic heterocycles. The number of fused-ring (bicyclic) bond motifs is 3. The number of thioether (sulfide) groups is 1. The van der Waals surface area contributed by atoms with Gasteiger partial charge in [-0.2, -0.15) is 0 Å². The normalized spacial score (nSPS) is 17.3. The van der Waals surface area contributed by atoms with Crippen molar-refractivity contribution in [2.45, 2.75) is 37.1 Å². The summed E-state index contributed by atoms with van der Waals surface area (Å²) in [7, 11) is 0. The summed E-state index contributed by atoms with van der Waals surface area (Å²) < 4.78 is 0. The number of nitrogens with zero attached hydrogens (tertiary/aromatic N) is 1. The van der Waals surface area contributed by atoms with Crippen molar-refractivity contribution in [3.8, 4) is 0 Å². The topological polar surface area (TPSA) is 45.8 Å². The monoisotopic (exact) mass is 342 g/mol. The third-order valence-corrected chi connectivity index (χ3v) is 6.45. The van der Waals surface area contributed by atoms with Gasteiger partial charge in [-0.1, -0.05) is 49.0 Å². The molecule has 3 nitrogen and oxygen atoms in total. The Balaban J connectivity index is 1.66. The minimum atomic E-state index is 0.0256. The molecule has 1 unspecified atom stereocenters. The number of aromatic amines is 1. The number of nitrogens with one attached hydrogen (secondary N) is 1. The molecule has 0 fully saturated rings. The summed E-state index contributed by atoms with van der Waals surface area (Å²) in [6, 6.07) is 10.3. The van der Waals surface area contributed by atoms with E-state index >= 15 is 0 Å². The maximum absolute atomic E-state index is 12.5. The van der Waals surface area contributed by atoms with Crippen LogP contribution < -0.4 is 5.56 Å². The third-order valence-electron chi connectivity index (χ3n) is 4.36. The van der Waals surface area contributed by atoms with Gasteiger partial charge in [-0.25, -0.2) is 4.98 Å². The third kappa shape index (κ3) is 2.95. The molecule has 1 aliphatic carbocycles. The second kappa shape index (κ2) is 6.13. The van der Waals surface area contributed by atoms with Crippen LogP contribution in [0, 0.1) is 5.92 Å². The molecule has 5 heteroatoms.